The Morgan fingerprint density at radius 1 is 1.60 bits per heavy atom. The maximum atomic E-state index is 10.2. The Morgan fingerprint density at radius 3 is 2.40 bits per heavy atom. The number of carbonyl (C=O) groups excluding carboxylic acids is 1. The number of alkyl halides is 1. The quantitative estimate of drug-likeness (QED) is 0.413. The van der Waals surface area contributed by atoms with Gasteiger partial charge in [0.1, 0.15) is 5.33 Å². The van der Waals surface area contributed by atoms with E-state index in [2.05, 4.69) is 20.7 Å². The highest BCUT2D eigenvalue weighted by Gasteiger charge is 2.07. The first kappa shape index (κ1) is 9.86. The Morgan fingerprint density at radius 2 is 2.10 bits per heavy atom. The Labute approximate surface area is 66.2 Å². The highest BCUT2D eigenvalue weighted by molar-refractivity contribution is 9.09. The molecule has 0 saturated heterocycles. The van der Waals surface area contributed by atoms with E-state index in [1.165, 1.54) is 0 Å². The Hall–Kier alpha value is -0.140. The fourth-order valence-electron chi connectivity index (χ4n) is 0.179. The van der Waals surface area contributed by atoms with Crippen LogP contribution in [-0.4, -0.2) is 30.2 Å². The zero-order valence-corrected chi connectivity index (χ0v) is 7.18. The van der Waals surface area contributed by atoms with Crippen molar-refractivity contribution in [1.29, 1.82) is 0 Å². The number of carbonyl (C=O) groups is 1. The number of rotatable bonds is 3. The number of hydrogen-bond acceptors (Lipinski definition) is 4. The van der Waals surface area contributed by atoms with Gasteiger partial charge in [-0.1, -0.05) is 15.9 Å². The SMILES string of the molecule is O=C(CBr)OCS(=O)(=O)O. The van der Waals surface area contributed by atoms with E-state index in [1.54, 1.807) is 0 Å². The van der Waals surface area contributed by atoms with E-state index in [1.807, 2.05) is 0 Å². The lowest BCUT2D eigenvalue weighted by atomic mass is 10.8. The van der Waals surface area contributed by atoms with Crippen molar-refractivity contribution in [3.05, 3.63) is 0 Å². The average Bonchev–Trinajstić information content (AvgIpc) is 1.81. The molecule has 0 aromatic heterocycles. The minimum atomic E-state index is -4.19. The Kier molecular flexibility index (Phi) is 3.84. The summed E-state index contributed by atoms with van der Waals surface area (Å²) in [6, 6.07) is 0. The predicted molar refractivity (Wildman–Crippen MR) is 36.3 cm³/mol. The summed E-state index contributed by atoms with van der Waals surface area (Å²) in [5, 5.41) is -0.0947. The second kappa shape index (κ2) is 3.89. The van der Waals surface area contributed by atoms with Gasteiger partial charge in [-0.2, -0.15) is 8.42 Å². The van der Waals surface area contributed by atoms with Crippen LogP contribution in [0.15, 0.2) is 0 Å². The molecule has 0 spiro atoms. The first-order valence-electron chi connectivity index (χ1n) is 2.12. The summed E-state index contributed by atoms with van der Waals surface area (Å²) < 4.78 is 31.9. The summed E-state index contributed by atoms with van der Waals surface area (Å²) in [4.78, 5) is 10.2. The first-order chi connectivity index (χ1) is 4.45. The number of ether oxygens (including phenoxy) is 1. The van der Waals surface area contributed by atoms with Gasteiger partial charge < -0.3 is 4.74 Å². The number of esters is 1. The van der Waals surface area contributed by atoms with Crippen LogP contribution in [-0.2, 0) is 19.6 Å². The summed E-state index contributed by atoms with van der Waals surface area (Å²) in [6.45, 7) is 0. The summed E-state index contributed by atoms with van der Waals surface area (Å²) >= 11 is 2.73. The highest BCUT2D eigenvalue weighted by atomic mass is 79.9. The van der Waals surface area contributed by atoms with Crippen molar-refractivity contribution in [2.75, 3.05) is 11.3 Å². The van der Waals surface area contributed by atoms with E-state index in [4.69, 9.17) is 4.55 Å². The molecule has 0 bridgehead atoms. The van der Waals surface area contributed by atoms with Crippen LogP contribution in [0.3, 0.4) is 0 Å². The molecule has 60 valence electrons. The molecule has 0 atom stereocenters. The molecule has 0 fully saturated rings. The second-order valence-corrected chi connectivity index (χ2v) is 3.31. The lowest BCUT2D eigenvalue weighted by Crippen LogP contribution is -2.13. The predicted octanol–water partition coefficient (Wildman–Crippen LogP) is -0.230. The van der Waals surface area contributed by atoms with Crippen LogP contribution in [0, 0.1) is 0 Å². The number of hydrogen-bond donors (Lipinski definition) is 1. The van der Waals surface area contributed by atoms with Crippen molar-refractivity contribution < 1.29 is 22.5 Å². The fourth-order valence-corrected chi connectivity index (χ4v) is 0.621. The van der Waals surface area contributed by atoms with Crippen molar-refractivity contribution in [2.24, 2.45) is 0 Å². The van der Waals surface area contributed by atoms with E-state index in [0.717, 1.165) is 0 Å². The summed E-state index contributed by atoms with van der Waals surface area (Å²) in [5.41, 5.74) is 0. The molecule has 0 aromatic carbocycles. The Balaban J connectivity index is 3.67. The molecule has 1 N–H and O–H groups in total. The minimum Gasteiger partial charge on any atom is -0.446 e. The van der Waals surface area contributed by atoms with Gasteiger partial charge in [0.25, 0.3) is 0 Å². The van der Waals surface area contributed by atoms with Crippen molar-refractivity contribution in [3.8, 4) is 0 Å². The molecule has 0 radical (unpaired) electrons. The molecule has 5 nitrogen and oxygen atoms in total. The molecule has 7 heteroatoms. The highest BCUT2D eigenvalue weighted by Crippen LogP contribution is 1.88. The molecular formula is C3H5BrO5S. The molecule has 0 aliphatic heterocycles. The standard InChI is InChI=1S/C3H5BrO5S/c4-1-3(5)9-2-10(6,7)8/h1-2H2,(H,6,7,8). The van der Waals surface area contributed by atoms with Crippen LogP contribution in [0.4, 0.5) is 0 Å². The van der Waals surface area contributed by atoms with Gasteiger partial charge in [0.15, 0.2) is 0 Å². The molecule has 0 aromatic rings. The second-order valence-electron chi connectivity index (χ2n) is 1.35. The van der Waals surface area contributed by atoms with E-state index < -0.39 is 22.0 Å². The number of halogens is 1. The van der Waals surface area contributed by atoms with Crippen molar-refractivity contribution in [1.82, 2.24) is 0 Å². The van der Waals surface area contributed by atoms with Crippen LogP contribution < -0.4 is 0 Å². The van der Waals surface area contributed by atoms with Crippen molar-refractivity contribution in [2.45, 2.75) is 0 Å². The van der Waals surface area contributed by atoms with Gasteiger partial charge in [0, 0.05) is 0 Å². The third kappa shape index (κ3) is 5.99. The van der Waals surface area contributed by atoms with Gasteiger partial charge in [0.05, 0.1) is 0 Å². The first-order valence-corrected chi connectivity index (χ1v) is 4.85. The molecule has 0 heterocycles. The van der Waals surface area contributed by atoms with Crippen LogP contribution in [0.2, 0.25) is 0 Å². The lowest BCUT2D eigenvalue weighted by Gasteiger charge is -1.97. The maximum absolute atomic E-state index is 10.2. The zero-order valence-electron chi connectivity index (χ0n) is 4.78. The molecule has 10 heavy (non-hydrogen) atoms. The average molecular weight is 233 g/mol. The zero-order chi connectivity index (χ0) is 8.20. The molecule has 0 aliphatic rings. The van der Waals surface area contributed by atoms with Crippen LogP contribution in [0.5, 0.6) is 0 Å². The minimum absolute atomic E-state index is 0.0947. The van der Waals surface area contributed by atoms with Crippen LogP contribution >= 0.6 is 15.9 Å². The van der Waals surface area contributed by atoms with Crippen LogP contribution in [0.1, 0.15) is 0 Å². The van der Waals surface area contributed by atoms with Crippen molar-refractivity contribution >= 4 is 32.0 Å². The van der Waals surface area contributed by atoms with E-state index >= 15 is 0 Å². The van der Waals surface area contributed by atoms with Gasteiger partial charge in [-0.25, -0.2) is 0 Å². The molecule has 0 unspecified atom stereocenters. The fraction of sp³-hybridized carbons (Fsp3) is 0.667. The largest absolute Gasteiger partial charge is 0.446 e. The third-order valence-electron chi connectivity index (χ3n) is 0.478. The van der Waals surface area contributed by atoms with Gasteiger partial charge in [-0.15, -0.1) is 0 Å². The van der Waals surface area contributed by atoms with E-state index in [0.29, 0.717) is 0 Å². The van der Waals surface area contributed by atoms with Gasteiger partial charge >= 0.3 is 16.1 Å². The van der Waals surface area contributed by atoms with Crippen molar-refractivity contribution in [3.63, 3.8) is 0 Å². The van der Waals surface area contributed by atoms with Gasteiger partial charge in [-0.3, -0.25) is 9.35 Å². The monoisotopic (exact) mass is 232 g/mol. The van der Waals surface area contributed by atoms with Gasteiger partial charge in [0.2, 0.25) is 5.94 Å². The normalized spacial score (nSPS) is 11.0. The molecular weight excluding hydrogens is 228 g/mol. The maximum Gasteiger partial charge on any atom is 0.317 e. The molecule has 0 rings (SSSR count). The van der Waals surface area contributed by atoms with Crippen LogP contribution in [0.25, 0.3) is 0 Å². The topological polar surface area (TPSA) is 80.7 Å². The smallest absolute Gasteiger partial charge is 0.317 e. The summed E-state index contributed by atoms with van der Waals surface area (Å²) in [6.07, 6.45) is 0. The summed E-state index contributed by atoms with van der Waals surface area (Å²) in [7, 11) is -4.19. The van der Waals surface area contributed by atoms with E-state index in [-0.39, 0.29) is 5.33 Å². The van der Waals surface area contributed by atoms with Gasteiger partial charge in [-0.05, 0) is 0 Å². The lowest BCUT2D eigenvalue weighted by molar-refractivity contribution is -0.138. The molecule has 0 saturated carbocycles. The Bertz CT molecular complexity index is 207. The summed E-state index contributed by atoms with van der Waals surface area (Å²) in [5.74, 6) is -1.73. The van der Waals surface area contributed by atoms with E-state index in [9.17, 15) is 13.2 Å². The third-order valence-corrected chi connectivity index (χ3v) is 1.35. The molecule has 0 aliphatic carbocycles. The molecule has 0 amide bonds.